The highest BCUT2D eigenvalue weighted by Crippen LogP contribution is 1.92. The molecule has 0 radical (unpaired) electrons. The van der Waals surface area contributed by atoms with Crippen LogP contribution in [0.25, 0.3) is 0 Å². The molecular formula is C8H16N2O2. The van der Waals surface area contributed by atoms with Crippen LogP contribution in [0.3, 0.4) is 0 Å². The van der Waals surface area contributed by atoms with E-state index in [1.807, 2.05) is 6.92 Å². The van der Waals surface area contributed by atoms with Gasteiger partial charge in [0.2, 0.25) is 0 Å². The van der Waals surface area contributed by atoms with Crippen molar-refractivity contribution in [3.05, 3.63) is 12.7 Å². The third-order valence-electron chi connectivity index (χ3n) is 1.31. The number of carbonyl (C=O) groups is 1. The molecule has 0 aromatic heterocycles. The molecule has 0 saturated carbocycles. The number of hydrogen-bond donors (Lipinski definition) is 1. The fourth-order valence-corrected chi connectivity index (χ4v) is 0.633. The fraction of sp³-hybridized carbons (Fsp3) is 0.625. The van der Waals surface area contributed by atoms with Gasteiger partial charge >= 0.3 is 6.09 Å². The van der Waals surface area contributed by atoms with Crippen molar-refractivity contribution >= 4 is 6.09 Å². The van der Waals surface area contributed by atoms with E-state index in [1.165, 1.54) is 6.08 Å². The van der Waals surface area contributed by atoms with Crippen molar-refractivity contribution in [1.29, 1.82) is 0 Å². The van der Waals surface area contributed by atoms with E-state index in [0.717, 1.165) is 17.9 Å². The minimum Gasteiger partial charge on any atom is -0.444 e. The molecule has 0 rings (SSSR count). The third kappa shape index (κ3) is 4.73. The normalized spacial score (nSPS) is 9.17. The average Bonchev–Trinajstić information content (AvgIpc) is 2.10. The molecule has 0 heterocycles. The summed E-state index contributed by atoms with van der Waals surface area (Å²) in [5.74, 6) is 5.37. The second kappa shape index (κ2) is 6.67. The molecule has 0 saturated heterocycles. The van der Waals surface area contributed by atoms with Gasteiger partial charge in [0.1, 0.15) is 6.61 Å². The molecule has 1 amide bonds. The van der Waals surface area contributed by atoms with Gasteiger partial charge in [-0.15, -0.1) is 0 Å². The van der Waals surface area contributed by atoms with Crippen LogP contribution in [0.1, 0.15) is 19.8 Å². The van der Waals surface area contributed by atoms with Crippen LogP contribution in [0.2, 0.25) is 0 Å². The lowest BCUT2D eigenvalue weighted by Crippen LogP contribution is -2.38. The number of hydrazine groups is 1. The van der Waals surface area contributed by atoms with Crippen molar-refractivity contribution in [3.63, 3.8) is 0 Å². The molecule has 0 spiro atoms. The van der Waals surface area contributed by atoms with Crippen LogP contribution in [0.5, 0.6) is 0 Å². The topological polar surface area (TPSA) is 55.6 Å². The van der Waals surface area contributed by atoms with Crippen molar-refractivity contribution < 1.29 is 9.53 Å². The van der Waals surface area contributed by atoms with Crippen molar-refractivity contribution in [2.45, 2.75) is 19.8 Å². The summed E-state index contributed by atoms with van der Waals surface area (Å²) in [6, 6.07) is 0. The molecule has 12 heavy (non-hydrogen) atoms. The number of nitrogens with zero attached hydrogens (tertiary/aromatic N) is 1. The van der Waals surface area contributed by atoms with E-state index in [1.54, 1.807) is 0 Å². The van der Waals surface area contributed by atoms with Crippen molar-refractivity contribution in [3.8, 4) is 0 Å². The quantitative estimate of drug-likeness (QED) is 0.294. The molecule has 0 aromatic carbocycles. The van der Waals surface area contributed by atoms with Gasteiger partial charge < -0.3 is 4.74 Å². The first-order valence-corrected chi connectivity index (χ1v) is 4.02. The summed E-state index contributed by atoms with van der Waals surface area (Å²) in [5.41, 5.74) is 0. The molecule has 2 N–H and O–H groups in total. The molecule has 0 fully saturated rings. The van der Waals surface area contributed by atoms with Gasteiger partial charge in [-0.05, 0) is 6.42 Å². The molecule has 70 valence electrons. The van der Waals surface area contributed by atoms with Crippen LogP contribution in [0.4, 0.5) is 4.79 Å². The summed E-state index contributed by atoms with van der Waals surface area (Å²) in [4.78, 5) is 10.9. The van der Waals surface area contributed by atoms with Crippen LogP contribution in [0, 0.1) is 0 Å². The van der Waals surface area contributed by atoms with Crippen molar-refractivity contribution in [1.82, 2.24) is 5.01 Å². The van der Waals surface area contributed by atoms with E-state index in [-0.39, 0.29) is 6.61 Å². The maximum atomic E-state index is 10.9. The Labute approximate surface area is 72.9 Å². The monoisotopic (exact) mass is 172 g/mol. The zero-order chi connectivity index (χ0) is 9.40. The maximum Gasteiger partial charge on any atom is 0.424 e. The molecular weight excluding hydrogens is 156 g/mol. The van der Waals surface area contributed by atoms with Crippen LogP contribution in [-0.2, 0) is 4.74 Å². The maximum absolute atomic E-state index is 10.9. The Bertz CT molecular complexity index is 148. The molecule has 0 bridgehead atoms. The first-order valence-electron chi connectivity index (χ1n) is 4.02. The summed E-state index contributed by atoms with van der Waals surface area (Å²) < 4.78 is 4.69. The highest BCUT2D eigenvalue weighted by Gasteiger charge is 2.07. The Morgan fingerprint density at radius 3 is 2.92 bits per heavy atom. The SMILES string of the molecule is C=CCOC(=O)N(N)CCCC. The summed E-state index contributed by atoms with van der Waals surface area (Å²) >= 11 is 0. The third-order valence-corrected chi connectivity index (χ3v) is 1.31. The van der Waals surface area contributed by atoms with Gasteiger partial charge in [-0.25, -0.2) is 15.6 Å². The fourth-order valence-electron chi connectivity index (χ4n) is 0.633. The Kier molecular flexibility index (Phi) is 6.09. The second-order valence-corrected chi connectivity index (χ2v) is 2.41. The first kappa shape index (κ1) is 11.0. The predicted molar refractivity (Wildman–Crippen MR) is 47.3 cm³/mol. The zero-order valence-corrected chi connectivity index (χ0v) is 7.45. The van der Waals surface area contributed by atoms with E-state index in [2.05, 4.69) is 6.58 Å². The van der Waals surface area contributed by atoms with E-state index in [0.29, 0.717) is 6.54 Å². The first-order chi connectivity index (χ1) is 5.72. The minimum atomic E-state index is -0.497. The summed E-state index contributed by atoms with van der Waals surface area (Å²) in [6.45, 7) is 6.19. The van der Waals surface area contributed by atoms with Gasteiger partial charge in [-0.1, -0.05) is 26.0 Å². The van der Waals surface area contributed by atoms with E-state index in [9.17, 15) is 4.79 Å². The Morgan fingerprint density at radius 1 is 1.75 bits per heavy atom. The summed E-state index contributed by atoms with van der Waals surface area (Å²) in [6.07, 6.45) is 2.90. The number of unbranched alkanes of at least 4 members (excludes halogenated alkanes) is 1. The largest absolute Gasteiger partial charge is 0.444 e. The molecule has 4 nitrogen and oxygen atoms in total. The molecule has 0 unspecified atom stereocenters. The zero-order valence-electron chi connectivity index (χ0n) is 7.45. The van der Waals surface area contributed by atoms with Gasteiger partial charge in [0, 0.05) is 6.54 Å². The molecule has 0 aromatic rings. The van der Waals surface area contributed by atoms with Gasteiger partial charge in [-0.3, -0.25) is 0 Å². The Morgan fingerprint density at radius 2 is 2.42 bits per heavy atom. The molecule has 0 aliphatic rings. The molecule has 0 aliphatic heterocycles. The van der Waals surface area contributed by atoms with Gasteiger partial charge in [0.05, 0.1) is 0 Å². The number of ether oxygens (including phenoxy) is 1. The Balaban J connectivity index is 3.53. The standard InChI is InChI=1S/C8H16N2O2/c1-3-5-6-10(9)8(11)12-7-4-2/h4H,2-3,5-7,9H2,1H3. The second-order valence-electron chi connectivity index (χ2n) is 2.41. The number of carbonyl (C=O) groups excluding carboxylic acids is 1. The lowest BCUT2D eigenvalue weighted by atomic mass is 10.3. The minimum absolute atomic E-state index is 0.207. The molecule has 0 atom stereocenters. The highest BCUT2D eigenvalue weighted by molar-refractivity contribution is 5.66. The number of nitrogens with two attached hydrogens (primary N) is 1. The van der Waals surface area contributed by atoms with Gasteiger partial charge in [0.15, 0.2) is 0 Å². The Hall–Kier alpha value is -1.03. The van der Waals surface area contributed by atoms with E-state index in [4.69, 9.17) is 10.6 Å². The predicted octanol–water partition coefficient (Wildman–Crippen LogP) is 1.28. The van der Waals surface area contributed by atoms with Crippen LogP contribution >= 0.6 is 0 Å². The smallest absolute Gasteiger partial charge is 0.424 e. The van der Waals surface area contributed by atoms with Crippen LogP contribution < -0.4 is 5.84 Å². The number of amides is 1. The lowest BCUT2D eigenvalue weighted by Gasteiger charge is -2.14. The lowest BCUT2D eigenvalue weighted by molar-refractivity contribution is 0.112. The van der Waals surface area contributed by atoms with Crippen molar-refractivity contribution in [2.75, 3.05) is 13.2 Å². The molecule has 0 aliphatic carbocycles. The number of rotatable bonds is 5. The van der Waals surface area contributed by atoms with Gasteiger partial charge in [0.25, 0.3) is 0 Å². The van der Waals surface area contributed by atoms with Gasteiger partial charge in [-0.2, -0.15) is 0 Å². The molecule has 4 heteroatoms. The van der Waals surface area contributed by atoms with Crippen LogP contribution in [-0.4, -0.2) is 24.3 Å². The summed E-state index contributed by atoms with van der Waals surface area (Å²) in [5, 5.41) is 1.08. The van der Waals surface area contributed by atoms with Crippen LogP contribution in [0.15, 0.2) is 12.7 Å². The van der Waals surface area contributed by atoms with Crippen molar-refractivity contribution in [2.24, 2.45) is 5.84 Å². The number of hydrogen-bond acceptors (Lipinski definition) is 3. The van der Waals surface area contributed by atoms with E-state index < -0.39 is 6.09 Å². The highest BCUT2D eigenvalue weighted by atomic mass is 16.6. The summed E-state index contributed by atoms with van der Waals surface area (Å²) in [7, 11) is 0. The average molecular weight is 172 g/mol. The van der Waals surface area contributed by atoms with E-state index >= 15 is 0 Å².